The number of methoxy groups -OCH3 is 2. The van der Waals surface area contributed by atoms with Crippen molar-refractivity contribution in [1.29, 1.82) is 0 Å². The molecule has 0 aromatic rings. The highest BCUT2D eigenvalue weighted by molar-refractivity contribution is 5.82. The average Bonchev–Trinajstić information content (AvgIpc) is 2.81. The van der Waals surface area contributed by atoms with Crippen LogP contribution in [0.5, 0.6) is 0 Å². The number of urea groups is 1. The number of hydrogen-bond acceptors (Lipinski definition) is 4. The zero-order valence-corrected chi connectivity index (χ0v) is 11.8. The van der Waals surface area contributed by atoms with E-state index >= 15 is 0 Å². The Labute approximate surface area is 113 Å². The number of likely N-dealkylation sites (N-methyl/N-ethyl adjacent to an activating group) is 1. The fourth-order valence-corrected chi connectivity index (χ4v) is 2.32. The first-order chi connectivity index (χ1) is 8.96. The molecule has 0 radical (unpaired) electrons. The maximum absolute atomic E-state index is 12.3. The van der Waals surface area contributed by atoms with Crippen LogP contribution in [0.4, 0.5) is 4.79 Å². The predicted octanol–water partition coefficient (Wildman–Crippen LogP) is 0.247. The average molecular weight is 274 g/mol. The summed E-state index contributed by atoms with van der Waals surface area (Å²) < 4.78 is 10.5. The minimum atomic E-state index is -0.996. The Balaban J connectivity index is 2.70. The lowest BCUT2D eigenvalue weighted by molar-refractivity contribution is -0.142. The number of likely N-dealkylation sites (tertiary alicyclic amines) is 1. The van der Waals surface area contributed by atoms with Crippen molar-refractivity contribution in [1.82, 2.24) is 9.80 Å². The fourth-order valence-electron chi connectivity index (χ4n) is 2.32. The van der Waals surface area contributed by atoms with Gasteiger partial charge in [0.2, 0.25) is 0 Å². The Morgan fingerprint density at radius 3 is 2.11 bits per heavy atom. The molecule has 19 heavy (non-hydrogen) atoms. The monoisotopic (exact) mass is 274 g/mol. The quantitative estimate of drug-likeness (QED) is 0.777. The summed E-state index contributed by atoms with van der Waals surface area (Å²) in [7, 11) is 4.65. The van der Waals surface area contributed by atoms with Gasteiger partial charge in [0.05, 0.1) is 13.1 Å². The van der Waals surface area contributed by atoms with E-state index in [9.17, 15) is 9.59 Å². The van der Waals surface area contributed by atoms with Gasteiger partial charge in [-0.25, -0.2) is 9.59 Å². The van der Waals surface area contributed by atoms with E-state index in [0.29, 0.717) is 19.5 Å². The smallest absolute Gasteiger partial charge is 0.326 e. The van der Waals surface area contributed by atoms with Crippen LogP contribution in [-0.2, 0) is 14.3 Å². The summed E-state index contributed by atoms with van der Waals surface area (Å²) in [5.74, 6) is -0.996. The first kappa shape index (κ1) is 15.7. The molecule has 7 nitrogen and oxygen atoms in total. The Morgan fingerprint density at radius 1 is 1.32 bits per heavy atom. The van der Waals surface area contributed by atoms with Crippen molar-refractivity contribution >= 4 is 12.0 Å². The molecule has 1 aliphatic rings. The van der Waals surface area contributed by atoms with Crippen LogP contribution >= 0.6 is 0 Å². The van der Waals surface area contributed by atoms with Gasteiger partial charge >= 0.3 is 12.0 Å². The molecule has 7 heteroatoms. The van der Waals surface area contributed by atoms with Gasteiger partial charge in [-0.2, -0.15) is 0 Å². The fraction of sp³-hybridized carbons (Fsp3) is 0.833. The van der Waals surface area contributed by atoms with Crippen molar-refractivity contribution in [2.24, 2.45) is 0 Å². The van der Waals surface area contributed by atoms with Gasteiger partial charge in [0, 0.05) is 21.3 Å². The van der Waals surface area contributed by atoms with E-state index in [4.69, 9.17) is 14.6 Å². The van der Waals surface area contributed by atoms with Crippen LogP contribution in [0.3, 0.4) is 0 Å². The van der Waals surface area contributed by atoms with Crippen LogP contribution in [0.1, 0.15) is 13.3 Å². The third-order valence-corrected chi connectivity index (χ3v) is 3.53. The molecular weight excluding hydrogens is 252 g/mol. The first-order valence-corrected chi connectivity index (χ1v) is 6.26. The van der Waals surface area contributed by atoms with Gasteiger partial charge in [-0.05, 0) is 6.42 Å². The second-order valence-corrected chi connectivity index (χ2v) is 4.61. The van der Waals surface area contributed by atoms with Gasteiger partial charge in [0.1, 0.15) is 18.2 Å². The summed E-state index contributed by atoms with van der Waals surface area (Å²) >= 11 is 0. The summed E-state index contributed by atoms with van der Waals surface area (Å²) in [4.78, 5) is 26.1. The van der Waals surface area contributed by atoms with E-state index < -0.39 is 12.0 Å². The molecule has 1 fully saturated rings. The summed E-state index contributed by atoms with van der Waals surface area (Å²) in [5.41, 5.74) is 0. The number of rotatable bonds is 5. The normalized spacial score (nSPS) is 24.3. The minimum absolute atomic E-state index is 0.174. The highest BCUT2D eigenvalue weighted by Crippen LogP contribution is 2.18. The Morgan fingerprint density at radius 2 is 1.79 bits per heavy atom. The molecule has 1 heterocycles. The van der Waals surface area contributed by atoms with E-state index in [2.05, 4.69) is 0 Å². The zero-order chi connectivity index (χ0) is 14.6. The number of carboxylic acid groups (broad SMARTS) is 1. The number of carboxylic acids is 1. The van der Waals surface area contributed by atoms with E-state index in [1.807, 2.05) is 0 Å². The van der Waals surface area contributed by atoms with Crippen molar-refractivity contribution < 1.29 is 24.2 Å². The Hall–Kier alpha value is -1.34. The Bertz CT molecular complexity index is 324. The number of ether oxygens (including phenoxy) is 2. The third kappa shape index (κ3) is 3.36. The molecule has 0 aromatic carbocycles. The summed E-state index contributed by atoms with van der Waals surface area (Å²) in [6.07, 6.45) is 0.0202. The zero-order valence-electron chi connectivity index (χ0n) is 11.8. The van der Waals surface area contributed by atoms with Crippen molar-refractivity contribution in [3.8, 4) is 0 Å². The standard InChI is InChI=1S/C12H22N2O5/c1-5-8(11(15)16)13(2)12(17)14-6-9(18-3)10(7-14)19-4/h8-10H,5-7H2,1-4H3,(H,15,16). The molecule has 0 aliphatic carbocycles. The molecule has 0 aromatic heterocycles. The van der Waals surface area contributed by atoms with Gasteiger partial charge in [0.25, 0.3) is 0 Å². The lowest BCUT2D eigenvalue weighted by atomic mass is 10.2. The predicted molar refractivity (Wildman–Crippen MR) is 68.0 cm³/mol. The maximum Gasteiger partial charge on any atom is 0.326 e. The van der Waals surface area contributed by atoms with Gasteiger partial charge in [-0.15, -0.1) is 0 Å². The first-order valence-electron chi connectivity index (χ1n) is 6.26. The van der Waals surface area contributed by atoms with Gasteiger partial charge < -0.3 is 24.4 Å². The molecule has 1 rings (SSSR count). The lowest BCUT2D eigenvalue weighted by Crippen LogP contribution is -2.48. The molecule has 1 saturated heterocycles. The van der Waals surface area contributed by atoms with Gasteiger partial charge in [0.15, 0.2) is 0 Å². The van der Waals surface area contributed by atoms with Crippen molar-refractivity contribution in [3.05, 3.63) is 0 Å². The number of hydrogen-bond donors (Lipinski definition) is 1. The largest absolute Gasteiger partial charge is 0.480 e. The molecule has 1 aliphatic heterocycles. The second-order valence-electron chi connectivity index (χ2n) is 4.61. The number of aliphatic carboxylic acids is 1. The van der Waals surface area contributed by atoms with Crippen LogP contribution in [0.15, 0.2) is 0 Å². The van der Waals surface area contributed by atoms with E-state index in [1.165, 1.54) is 11.9 Å². The minimum Gasteiger partial charge on any atom is -0.480 e. The van der Waals surface area contributed by atoms with Crippen LogP contribution < -0.4 is 0 Å². The highest BCUT2D eigenvalue weighted by Gasteiger charge is 2.38. The van der Waals surface area contributed by atoms with E-state index in [0.717, 1.165) is 0 Å². The number of carbonyl (C=O) groups excluding carboxylic acids is 1. The number of carbonyl (C=O) groups is 2. The maximum atomic E-state index is 12.3. The van der Waals surface area contributed by atoms with Crippen molar-refractivity contribution in [3.63, 3.8) is 0 Å². The van der Waals surface area contributed by atoms with Crippen LogP contribution in [0.2, 0.25) is 0 Å². The molecule has 1 N–H and O–H groups in total. The van der Waals surface area contributed by atoms with Crippen molar-refractivity contribution in [2.45, 2.75) is 31.6 Å². The lowest BCUT2D eigenvalue weighted by Gasteiger charge is -2.28. The molecule has 0 bridgehead atoms. The molecule has 110 valence electrons. The summed E-state index contributed by atoms with van der Waals surface area (Å²) in [5, 5.41) is 9.07. The molecule has 3 atom stereocenters. The second kappa shape index (κ2) is 6.72. The summed E-state index contributed by atoms with van der Waals surface area (Å²) in [6, 6.07) is -1.12. The van der Waals surface area contributed by atoms with Crippen LogP contribution in [0.25, 0.3) is 0 Å². The number of nitrogens with zero attached hydrogens (tertiary/aromatic N) is 2. The highest BCUT2D eigenvalue weighted by atomic mass is 16.5. The SMILES string of the molecule is CCC(C(=O)O)N(C)C(=O)N1CC(OC)C(OC)C1. The molecule has 2 amide bonds. The van der Waals surface area contributed by atoms with Crippen LogP contribution in [-0.4, -0.2) is 79.5 Å². The summed E-state index contributed by atoms with van der Waals surface area (Å²) in [6.45, 7) is 2.56. The molecular formula is C12H22N2O5. The van der Waals surface area contributed by atoms with Gasteiger partial charge in [-0.3, -0.25) is 0 Å². The Kier molecular flexibility index (Phi) is 5.56. The van der Waals surface area contributed by atoms with Crippen LogP contribution in [0, 0.1) is 0 Å². The van der Waals surface area contributed by atoms with Crippen molar-refractivity contribution in [2.75, 3.05) is 34.4 Å². The van der Waals surface area contributed by atoms with E-state index in [1.54, 1.807) is 26.0 Å². The topological polar surface area (TPSA) is 79.3 Å². The third-order valence-electron chi connectivity index (χ3n) is 3.53. The number of amides is 2. The molecule has 3 unspecified atom stereocenters. The van der Waals surface area contributed by atoms with E-state index in [-0.39, 0.29) is 18.2 Å². The molecule has 0 spiro atoms. The molecule has 0 saturated carbocycles. The van der Waals surface area contributed by atoms with Gasteiger partial charge in [-0.1, -0.05) is 6.92 Å².